The van der Waals surface area contributed by atoms with Gasteiger partial charge in [0.15, 0.2) is 5.84 Å². The van der Waals surface area contributed by atoms with E-state index in [-0.39, 0.29) is 11.9 Å². The van der Waals surface area contributed by atoms with Crippen LogP contribution in [0.5, 0.6) is 5.75 Å². The van der Waals surface area contributed by atoms with Crippen molar-refractivity contribution in [3.05, 3.63) is 54.5 Å². The summed E-state index contributed by atoms with van der Waals surface area (Å²) in [6.45, 7) is 21.3. The van der Waals surface area contributed by atoms with Crippen molar-refractivity contribution in [1.29, 1.82) is 0 Å². The molecule has 0 aliphatic carbocycles. The number of benzene rings is 1. The highest BCUT2D eigenvalue weighted by Gasteiger charge is 2.40. The van der Waals surface area contributed by atoms with E-state index in [0.29, 0.717) is 30.0 Å². The molecule has 208 valence electrons. The average Bonchev–Trinajstić information content (AvgIpc) is 2.94. The highest BCUT2D eigenvalue weighted by atomic mass is 16.5. The summed E-state index contributed by atoms with van der Waals surface area (Å²) in [4.78, 5) is 24.3. The van der Waals surface area contributed by atoms with Crippen molar-refractivity contribution < 1.29 is 9.53 Å². The number of ether oxygens (including phenoxy) is 1. The van der Waals surface area contributed by atoms with E-state index in [1.54, 1.807) is 12.0 Å². The maximum atomic E-state index is 13.2. The second-order valence-corrected chi connectivity index (χ2v) is 11.3. The van der Waals surface area contributed by atoms with Gasteiger partial charge in [0.05, 0.1) is 23.9 Å². The van der Waals surface area contributed by atoms with Crippen LogP contribution < -0.4 is 15.4 Å². The molecule has 38 heavy (non-hydrogen) atoms. The van der Waals surface area contributed by atoms with Crippen molar-refractivity contribution in [1.82, 2.24) is 20.0 Å². The molecule has 1 amide bonds. The van der Waals surface area contributed by atoms with Gasteiger partial charge in [0.25, 0.3) is 0 Å². The van der Waals surface area contributed by atoms with Crippen LogP contribution >= 0.6 is 0 Å². The Morgan fingerprint density at radius 1 is 1.21 bits per heavy atom. The molecule has 2 saturated heterocycles. The SMILES string of the molecule is C=C(/N=C1\C(=C/C)N(C)C(=O)C(C)(C)CN1C(C)C)Nc1ccc(C(=C)NC2CCN(C)CC2)cc1OC. The quantitative estimate of drug-likeness (QED) is 0.514. The van der Waals surface area contributed by atoms with Crippen LogP contribution in [0.25, 0.3) is 5.70 Å². The number of likely N-dealkylation sites (tertiary alicyclic amines) is 1. The zero-order valence-corrected chi connectivity index (χ0v) is 24.5. The van der Waals surface area contributed by atoms with E-state index in [1.165, 1.54) is 0 Å². The lowest BCUT2D eigenvalue weighted by Gasteiger charge is -2.33. The summed E-state index contributed by atoms with van der Waals surface area (Å²) in [6, 6.07) is 6.53. The molecule has 0 radical (unpaired) electrons. The smallest absolute Gasteiger partial charge is 0.234 e. The number of piperidine rings is 1. The molecule has 8 heteroatoms. The van der Waals surface area contributed by atoms with E-state index in [1.807, 2.05) is 52.1 Å². The minimum atomic E-state index is -0.553. The van der Waals surface area contributed by atoms with Crippen molar-refractivity contribution in [2.45, 2.75) is 59.5 Å². The van der Waals surface area contributed by atoms with Crippen molar-refractivity contribution in [3.8, 4) is 5.75 Å². The van der Waals surface area contributed by atoms with E-state index in [9.17, 15) is 4.79 Å². The molecule has 1 aromatic carbocycles. The molecule has 0 aromatic heterocycles. The van der Waals surface area contributed by atoms with E-state index in [0.717, 1.165) is 48.6 Å². The van der Waals surface area contributed by atoms with Gasteiger partial charge < -0.3 is 30.1 Å². The molecule has 1 aromatic rings. The molecule has 0 saturated carbocycles. The molecule has 0 spiro atoms. The first-order valence-corrected chi connectivity index (χ1v) is 13.5. The Morgan fingerprint density at radius 2 is 1.87 bits per heavy atom. The summed E-state index contributed by atoms with van der Waals surface area (Å²) < 4.78 is 5.71. The lowest BCUT2D eigenvalue weighted by molar-refractivity contribution is -0.136. The summed E-state index contributed by atoms with van der Waals surface area (Å²) in [5, 5.41) is 6.90. The minimum Gasteiger partial charge on any atom is -0.495 e. The summed E-state index contributed by atoms with van der Waals surface area (Å²) in [5.41, 5.74) is 2.84. The Bertz CT molecular complexity index is 1110. The fraction of sp³-hybridized carbons (Fsp3) is 0.533. The Balaban J connectivity index is 1.83. The number of aliphatic imine (C=N–C) groups is 1. The number of carbonyl (C=O) groups is 1. The minimum absolute atomic E-state index is 0.0614. The Kier molecular flexibility index (Phi) is 9.31. The van der Waals surface area contributed by atoms with Crippen LogP contribution in [0.3, 0.4) is 0 Å². The van der Waals surface area contributed by atoms with Gasteiger partial charge in [-0.2, -0.15) is 0 Å². The van der Waals surface area contributed by atoms with E-state index >= 15 is 0 Å². The van der Waals surface area contributed by atoms with Crippen LogP contribution in [-0.2, 0) is 4.79 Å². The van der Waals surface area contributed by atoms with Gasteiger partial charge in [-0.3, -0.25) is 4.79 Å². The average molecular weight is 523 g/mol. The number of carbonyl (C=O) groups excluding carboxylic acids is 1. The van der Waals surface area contributed by atoms with Gasteiger partial charge in [0, 0.05) is 36.9 Å². The first-order valence-electron chi connectivity index (χ1n) is 13.5. The lowest BCUT2D eigenvalue weighted by atomic mass is 9.91. The predicted octanol–water partition coefficient (Wildman–Crippen LogP) is 4.74. The molecule has 0 unspecified atom stereocenters. The third-order valence-electron chi connectivity index (χ3n) is 7.38. The largest absolute Gasteiger partial charge is 0.495 e. The van der Waals surface area contributed by atoms with Crippen LogP contribution in [0.2, 0.25) is 0 Å². The van der Waals surface area contributed by atoms with Gasteiger partial charge in [-0.1, -0.05) is 25.3 Å². The topological polar surface area (TPSA) is 72.4 Å². The zero-order chi connectivity index (χ0) is 28.2. The van der Waals surface area contributed by atoms with E-state index in [2.05, 4.69) is 54.5 Å². The first kappa shape index (κ1) is 29.3. The second kappa shape index (κ2) is 12.1. The molecule has 2 aliphatic heterocycles. The van der Waals surface area contributed by atoms with Crippen LogP contribution in [0.15, 0.2) is 53.9 Å². The molecule has 8 nitrogen and oxygen atoms in total. The van der Waals surface area contributed by atoms with Gasteiger partial charge in [-0.15, -0.1) is 0 Å². The molecule has 3 rings (SSSR count). The number of allylic oxidation sites excluding steroid dienone is 1. The molecule has 2 heterocycles. The lowest BCUT2D eigenvalue weighted by Crippen LogP contribution is -2.43. The molecule has 2 aliphatic rings. The second-order valence-electron chi connectivity index (χ2n) is 11.3. The standard InChI is InChI=1S/C30H46N6O2/c1-11-26-28(36(20(2)3)19-30(6,7)29(37)35(26)9)33-22(5)32-25-13-12-23(18-27(25)38-10)21(4)31-24-14-16-34(8)17-15-24/h11-13,18,20,24,31-32H,4-5,14-17,19H2,1-3,6-10H3/b26-11+,33-28+. The van der Waals surface area contributed by atoms with E-state index < -0.39 is 5.41 Å². The van der Waals surface area contributed by atoms with Crippen molar-refractivity contribution >= 4 is 23.1 Å². The first-order chi connectivity index (χ1) is 17.9. The number of rotatable bonds is 8. The Hall–Kier alpha value is -3.26. The summed E-state index contributed by atoms with van der Waals surface area (Å²) >= 11 is 0. The molecule has 2 fully saturated rings. The monoisotopic (exact) mass is 522 g/mol. The fourth-order valence-electron chi connectivity index (χ4n) is 5.08. The van der Waals surface area contributed by atoms with Crippen LogP contribution in [0.4, 0.5) is 5.69 Å². The molecular formula is C30H46N6O2. The van der Waals surface area contributed by atoms with Crippen molar-refractivity contribution in [2.24, 2.45) is 10.4 Å². The Labute approximate surface area is 229 Å². The third-order valence-corrected chi connectivity index (χ3v) is 7.38. The molecule has 0 bridgehead atoms. The van der Waals surface area contributed by atoms with Gasteiger partial charge in [-0.25, -0.2) is 4.99 Å². The predicted molar refractivity (Wildman–Crippen MR) is 158 cm³/mol. The number of likely N-dealkylation sites (N-methyl/N-ethyl adjacent to an activating group) is 1. The zero-order valence-electron chi connectivity index (χ0n) is 24.5. The number of amidine groups is 1. The third kappa shape index (κ3) is 6.59. The number of hydrogen-bond acceptors (Lipinski definition) is 6. The van der Waals surface area contributed by atoms with Crippen molar-refractivity contribution in [2.75, 3.05) is 46.2 Å². The maximum Gasteiger partial charge on any atom is 0.234 e. The summed E-state index contributed by atoms with van der Waals surface area (Å²) in [7, 11) is 5.62. The van der Waals surface area contributed by atoms with Gasteiger partial charge in [0.1, 0.15) is 11.6 Å². The van der Waals surface area contributed by atoms with Gasteiger partial charge >= 0.3 is 0 Å². The summed E-state index contributed by atoms with van der Waals surface area (Å²) in [6.07, 6.45) is 4.14. The number of anilines is 1. The fourth-order valence-corrected chi connectivity index (χ4v) is 5.08. The van der Waals surface area contributed by atoms with Crippen LogP contribution in [-0.4, -0.2) is 79.4 Å². The van der Waals surface area contributed by atoms with Crippen molar-refractivity contribution in [3.63, 3.8) is 0 Å². The van der Waals surface area contributed by atoms with E-state index in [4.69, 9.17) is 9.73 Å². The highest BCUT2D eigenvalue weighted by Crippen LogP contribution is 2.32. The normalized spacial score (nSPS) is 21.1. The van der Waals surface area contributed by atoms with Gasteiger partial charge in [-0.05, 0) is 79.7 Å². The number of methoxy groups -OCH3 is 1. The maximum absolute atomic E-state index is 13.2. The summed E-state index contributed by atoms with van der Waals surface area (Å²) in [5.74, 6) is 1.91. The number of nitrogens with one attached hydrogen (secondary N) is 2. The number of amides is 1. The van der Waals surface area contributed by atoms with Gasteiger partial charge in [0.2, 0.25) is 5.91 Å². The van der Waals surface area contributed by atoms with Crippen LogP contribution in [0.1, 0.15) is 53.0 Å². The molecular weight excluding hydrogens is 476 g/mol. The van der Waals surface area contributed by atoms with Crippen LogP contribution in [0, 0.1) is 5.41 Å². The number of nitrogens with zero attached hydrogens (tertiary/aromatic N) is 4. The number of hydrogen-bond donors (Lipinski definition) is 2. The molecule has 2 N–H and O–H groups in total. The Morgan fingerprint density at radius 3 is 2.45 bits per heavy atom. The molecule has 0 atom stereocenters. The highest BCUT2D eigenvalue weighted by molar-refractivity contribution is 6.04.